The number of alkyl halides is 3. The van der Waals surface area contributed by atoms with E-state index in [9.17, 15) is 22.4 Å². The molecule has 0 bridgehead atoms. The van der Waals surface area contributed by atoms with Crippen molar-refractivity contribution in [3.05, 3.63) is 51.6 Å². The van der Waals surface area contributed by atoms with E-state index in [2.05, 4.69) is 9.97 Å². The van der Waals surface area contributed by atoms with Crippen molar-refractivity contribution >= 4 is 40.9 Å². The predicted octanol–water partition coefficient (Wildman–Crippen LogP) is 5.37. The molecule has 0 aromatic carbocycles. The minimum absolute atomic E-state index is 0.0745. The zero-order valence-corrected chi connectivity index (χ0v) is 17.7. The summed E-state index contributed by atoms with van der Waals surface area (Å²) in [6.07, 6.45) is -0.785. The van der Waals surface area contributed by atoms with Gasteiger partial charge in [-0.3, -0.25) is 9.78 Å². The lowest BCUT2D eigenvalue weighted by atomic mass is 9.99. The van der Waals surface area contributed by atoms with Crippen LogP contribution < -0.4 is 0 Å². The van der Waals surface area contributed by atoms with Gasteiger partial charge < -0.3 is 4.90 Å². The number of hydrogen-bond donors (Lipinski definition) is 0. The largest absolute Gasteiger partial charge is 0.417 e. The average molecular weight is 480 g/mol. The second kappa shape index (κ2) is 7.84. The van der Waals surface area contributed by atoms with E-state index >= 15 is 0 Å². The minimum atomic E-state index is -4.51. The Bertz CT molecular complexity index is 1000. The molecule has 2 fully saturated rings. The average Bonchev–Trinajstić information content (AvgIpc) is 3.33. The number of aromatic nitrogens is 2. The van der Waals surface area contributed by atoms with Crippen LogP contribution in [0, 0.1) is 5.82 Å². The molecule has 3 heterocycles. The maximum Gasteiger partial charge on any atom is 0.417 e. The predicted molar refractivity (Wildman–Crippen MR) is 105 cm³/mol. The Labute approximate surface area is 184 Å². The van der Waals surface area contributed by atoms with Crippen LogP contribution in [0.3, 0.4) is 0 Å². The molecule has 1 unspecified atom stereocenters. The minimum Gasteiger partial charge on any atom is -0.341 e. The van der Waals surface area contributed by atoms with E-state index in [1.54, 1.807) is 4.90 Å². The molecule has 0 N–H and O–H groups in total. The van der Waals surface area contributed by atoms with Crippen molar-refractivity contribution in [2.24, 2.45) is 0 Å². The third kappa shape index (κ3) is 4.11. The van der Waals surface area contributed by atoms with Crippen LogP contribution in [0.2, 0.25) is 10.0 Å². The number of nitrogens with zero attached hydrogens (tertiary/aromatic N) is 3. The Kier molecular flexibility index (Phi) is 5.65. The fraction of sp³-hybridized carbons (Fsp3) is 0.421. The Morgan fingerprint density at radius 1 is 1.20 bits per heavy atom. The van der Waals surface area contributed by atoms with Gasteiger partial charge in [-0.05, 0) is 31.4 Å². The highest BCUT2D eigenvalue weighted by molar-refractivity contribution is 8.00. The normalized spacial score (nSPS) is 20.5. The molecular weight excluding hydrogens is 465 g/mol. The Hall–Kier alpha value is -1.58. The molecule has 2 aromatic rings. The highest BCUT2D eigenvalue weighted by atomic mass is 35.5. The summed E-state index contributed by atoms with van der Waals surface area (Å²) in [6, 6.07) is 2.00. The number of likely N-dealkylation sites (tertiary alicyclic amines) is 1. The summed E-state index contributed by atoms with van der Waals surface area (Å²) < 4.78 is 52.6. The van der Waals surface area contributed by atoms with Crippen molar-refractivity contribution in [1.29, 1.82) is 0 Å². The Morgan fingerprint density at radius 2 is 1.93 bits per heavy atom. The first-order valence-electron chi connectivity index (χ1n) is 9.10. The molecule has 160 valence electrons. The molecular formula is C19H15Cl2F4N3OS. The van der Waals surface area contributed by atoms with Gasteiger partial charge in [-0.1, -0.05) is 35.0 Å². The number of halogens is 6. The molecule has 1 saturated heterocycles. The lowest BCUT2D eigenvalue weighted by molar-refractivity contribution is -0.138. The van der Waals surface area contributed by atoms with Crippen LogP contribution in [-0.4, -0.2) is 39.1 Å². The molecule has 4 nitrogen and oxygen atoms in total. The van der Waals surface area contributed by atoms with E-state index in [0.29, 0.717) is 32.4 Å². The quantitative estimate of drug-likeness (QED) is 0.553. The molecule has 2 aromatic heterocycles. The second-order valence-corrected chi connectivity index (χ2v) is 9.49. The molecule has 1 atom stereocenters. The topological polar surface area (TPSA) is 46.1 Å². The van der Waals surface area contributed by atoms with Crippen LogP contribution in [-0.2, 0) is 16.4 Å². The van der Waals surface area contributed by atoms with Gasteiger partial charge in [0.05, 0.1) is 26.7 Å². The maximum absolute atomic E-state index is 14.3. The lowest BCUT2D eigenvalue weighted by Crippen LogP contribution is -2.39. The third-order valence-corrected chi connectivity index (χ3v) is 7.14. The molecule has 0 radical (unpaired) electrons. The first-order valence-corrected chi connectivity index (χ1v) is 10.7. The van der Waals surface area contributed by atoms with Crippen LogP contribution in [0.1, 0.15) is 30.5 Å². The van der Waals surface area contributed by atoms with E-state index in [4.69, 9.17) is 23.2 Å². The van der Waals surface area contributed by atoms with Gasteiger partial charge in [0.25, 0.3) is 0 Å². The molecule has 2 aliphatic rings. The Morgan fingerprint density at radius 3 is 2.53 bits per heavy atom. The van der Waals surface area contributed by atoms with Crippen molar-refractivity contribution in [2.45, 2.75) is 41.1 Å². The Balaban J connectivity index is 1.44. The second-order valence-electron chi connectivity index (χ2n) is 7.35. The van der Waals surface area contributed by atoms with Gasteiger partial charge in [0.1, 0.15) is 10.8 Å². The molecule has 0 spiro atoms. The number of thioether (sulfide) groups is 1. The fourth-order valence-electron chi connectivity index (χ4n) is 3.58. The van der Waals surface area contributed by atoms with Crippen molar-refractivity contribution in [3.8, 4) is 0 Å². The third-order valence-electron chi connectivity index (χ3n) is 5.27. The standard InChI is InChI=1S/C19H15Cl2F4N3OS/c20-11-6-14(22)15(26-8-11)18(2-3-18)17(29)28-4-1-12(9-28)30-16-13(21)5-10(7-27-16)19(23,24)25/h5-8,12H,1-4,9H2. The molecule has 11 heteroatoms. The number of amides is 1. The monoisotopic (exact) mass is 479 g/mol. The smallest absolute Gasteiger partial charge is 0.341 e. The van der Waals surface area contributed by atoms with Crippen LogP contribution >= 0.6 is 35.0 Å². The zero-order valence-electron chi connectivity index (χ0n) is 15.3. The summed E-state index contributed by atoms with van der Waals surface area (Å²) in [7, 11) is 0. The van der Waals surface area contributed by atoms with E-state index in [0.717, 1.165) is 18.3 Å². The van der Waals surface area contributed by atoms with E-state index < -0.39 is 23.0 Å². The van der Waals surface area contributed by atoms with E-state index in [-0.39, 0.29) is 31.9 Å². The summed E-state index contributed by atoms with van der Waals surface area (Å²) in [5, 5.41) is 0.300. The van der Waals surface area contributed by atoms with E-state index in [1.165, 1.54) is 18.0 Å². The summed E-state index contributed by atoms with van der Waals surface area (Å²) in [5.74, 6) is -0.787. The van der Waals surface area contributed by atoms with Crippen LogP contribution in [0.5, 0.6) is 0 Å². The first-order chi connectivity index (χ1) is 14.1. The van der Waals surface area contributed by atoms with Crippen molar-refractivity contribution in [2.75, 3.05) is 13.1 Å². The molecule has 1 aliphatic heterocycles. The number of rotatable bonds is 4. The van der Waals surface area contributed by atoms with Crippen LogP contribution in [0.15, 0.2) is 29.6 Å². The molecule has 1 aliphatic carbocycles. The lowest BCUT2D eigenvalue weighted by Gasteiger charge is -2.23. The number of pyridine rings is 2. The van der Waals surface area contributed by atoms with Crippen molar-refractivity contribution in [3.63, 3.8) is 0 Å². The van der Waals surface area contributed by atoms with Gasteiger partial charge in [-0.2, -0.15) is 13.2 Å². The molecule has 4 rings (SSSR count). The summed E-state index contributed by atoms with van der Waals surface area (Å²) in [5.41, 5.74) is -1.76. The SMILES string of the molecule is O=C(N1CCC(Sc2ncc(C(F)(F)F)cc2Cl)C1)C1(c2ncc(Cl)cc2F)CC1. The first kappa shape index (κ1) is 21.6. The summed E-state index contributed by atoms with van der Waals surface area (Å²) in [4.78, 5) is 22.6. The van der Waals surface area contributed by atoms with Gasteiger partial charge in [0, 0.05) is 30.7 Å². The highest BCUT2D eigenvalue weighted by Crippen LogP contribution is 2.50. The summed E-state index contributed by atoms with van der Waals surface area (Å²) >= 11 is 13.0. The fourth-order valence-corrected chi connectivity index (χ4v) is 5.10. The maximum atomic E-state index is 14.3. The molecule has 30 heavy (non-hydrogen) atoms. The van der Waals surface area contributed by atoms with Gasteiger partial charge in [-0.15, -0.1) is 0 Å². The number of carbonyl (C=O) groups excluding carboxylic acids is 1. The molecule has 1 amide bonds. The number of hydrogen-bond acceptors (Lipinski definition) is 4. The van der Waals surface area contributed by atoms with Crippen molar-refractivity contribution in [1.82, 2.24) is 14.9 Å². The van der Waals surface area contributed by atoms with Crippen LogP contribution in [0.25, 0.3) is 0 Å². The van der Waals surface area contributed by atoms with E-state index in [1.807, 2.05) is 0 Å². The zero-order chi connectivity index (χ0) is 21.7. The summed E-state index contributed by atoms with van der Waals surface area (Å²) in [6.45, 7) is 0.838. The molecule has 1 saturated carbocycles. The van der Waals surface area contributed by atoms with Gasteiger partial charge in [-0.25, -0.2) is 9.37 Å². The van der Waals surface area contributed by atoms with Gasteiger partial charge in [0.15, 0.2) is 0 Å². The highest BCUT2D eigenvalue weighted by Gasteiger charge is 2.56. The number of carbonyl (C=O) groups is 1. The van der Waals surface area contributed by atoms with Crippen molar-refractivity contribution < 1.29 is 22.4 Å². The van der Waals surface area contributed by atoms with Crippen LogP contribution in [0.4, 0.5) is 17.6 Å². The van der Waals surface area contributed by atoms with Gasteiger partial charge in [0.2, 0.25) is 5.91 Å². The van der Waals surface area contributed by atoms with Gasteiger partial charge >= 0.3 is 6.18 Å².